The topological polar surface area (TPSA) is 70.5 Å². The first-order valence-electron chi connectivity index (χ1n) is 7.98. The molecule has 0 aliphatic heterocycles. The van der Waals surface area contributed by atoms with Crippen LogP contribution in [0.3, 0.4) is 0 Å². The molecule has 0 aliphatic rings. The number of carboxylic acids is 1. The summed E-state index contributed by atoms with van der Waals surface area (Å²) in [6.07, 6.45) is 2.11. The lowest BCUT2D eigenvalue weighted by Gasteiger charge is -2.22. The molecule has 0 unspecified atom stereocenters. The second-order valence-electron chi connectivity index (χ2n) is 5.93. The number of carboxylic acid groups (broad SMARTS) is 1. The van der Waals surface area contributed by atoms with Gasteiger partial charge in [-0.25, -0.2) is 4.98 Å². The number of aromatic nitrogens is 1. The Morgan fingerprint density at radius 1 is 1.25 bits per heavy atom. The van der Waals surface area contributed by atoms with Gasteiger partial charge in [0, 0.05) is 25.4 Å². The molecule has 128 valence electrons. The second kappa shape index (κ2) is 8.59. The number of hydrogen-bond acceptors (Lipinski definition) is 4. The van der Waals surface area contributed by atoms with E-state index in [1.807, 2.05) is 44.2 Å². The highest BCUT2D eigenvalue weighted by Crippen LogP contribution is 2.23. The van der Waals surface area contributed by atoms with E-state index < -0.39 is 5.97 Å². The molecule has 5 nitrogen and oxygen atoms in total. The zero-order valence-electron chi connectivity index (χ0n) is 13.9. The third-order valence-electron chi connectivity index (χ3n) is 3.55. The highest BCUT2D eigenvalue weighted by atomic mass is 32.1. The van der Waals surface area contributed by atoms with E-state index in [0.717, 1.165) is 10.6 Å². The van der Waals surface area contributed by atoms with Crippen LogP contribution in [0.2, 0.25) is 0 Å². The van der Waals surface area contributed by atoms with Crippen molar-refractivity contribution >= 4 is 23.2 Å². The molecule has 0 saturated heterocycles. The van der Waals surface area contributed by atoms with E-state index in [-0.39, 0.29) is 18.2 Å². The molecule has 0 saturated carbocycles. The van der Waals surface area contributed by atoms with Crippen molar-refractivity contribution < 1.29 is 14.7 Å². The summed E-state index contributed by atoms with van der Waals surface area (Å²) in [5.41, 5.74) is 1.02. The second-order valence-corrected chi connectivity index (χ2v) is 6.99. The molecule has 1 aromatic heterocycles. The summed E-state index contributed by atoms with van der Waals surface area (Å²) in [6, 6.07) is 9.71. The van der Waals surface area contributed by atoms with Crippen LogP contribution in [0.5, 0.6) is 0 Å². The number of hydrogen-bond donors (Lipinski definition) is 1. The first-order chi connectivity index (χ1) is 11.5. The standard InChI is InChI=1S/C18H22N2O3S/c1-13(2)17-19-11-15(24-17)18(23)20(10-6-9-16(21)22)12-14-7-4-3-5-8-14/h3-5,7-8,11,13H,6,9-10,12H2,1-2H3,(H,21,22). The lowest BCUT2D eigenvalue weighted by molar-refractivity contribution is -0.137. The minimum Gasteiger partial charge on any atom is -0.481 e. The van der Waals surface area contributed by atoms with Crippen LogP contribution in [0.15, 0.2) is 36.5 Å². The Kier molecular flexibility index (Phi) is 6.49. The quantitative estimate of drug-likeness (QED) is 0.790. The van der Waals surface area contributed by atoms with Gasteiger partial charge in [-0.05, 0) is 12.0 Å². The van der Waals surface area contributed by atoms with Gasteiger partial charge < -0.3 is 10.0 Å². The Labute approximate surface area is 146 Å². The molecule has 6 heteroatoms. The van der Waals surface area contributed by atoms with Crippen LogP contribution < -0.4 is 0 Å². The number of thiazole rings is 1. The summed E-state index contributed by atoms with van der Waals surface area (Å²) in [5.74, 6) is -0.651. The van der Waals surface area contributed by atoms with Crippen molar-refractivity contribution in [1.29, 1.82) is 0 Å². The fourth-order valence-electron chi connectivity index (χ4n) is 2.29. The molecule has 0 fully saturated rings. The van der Waals surface area contributed by atoms with E-state index in [4.69, 9.17) is 5.11 Å². The molecule has 2 rings (SSSR count). The lowest BCUT2D eigenvalue weighted by atomic mass is 10.2. The summed E-state index contributed by atoms with van der Waals surface area (Å²) in [7, 11) is 0. The molecule has 1 amide bonds. The molecule has 1 N–H and O–H groups in total. The molecule has 24 heavy (non-hydrogen) atoms. The van der Waals surface area contributed by atoms with Crippen molar-refractivity contribution in [1.82, 2.24) is 9.88 Å². The Bertz CT molecular complexity index is 683. The van der Waals surface area contributed by atoms with E-state index in [9.17, 15) is 9.59 Å². The maximum Gasteiger partial charge on any atom is 0.303 e. The van der Waals surface area contributed by atoms with Gasteiger partial charge in [0.1, 0.15) is 4.88 Å². The van der Waals surface area contributed by atoms with Crippen LogP contribution in [0.1, 0.15) is 52.8 Å². The lowest BCUT2D eigenvalue weighted by Crippen LogP contribution is -2.31. The highest BCUT2D eigenvalue weighted by molar-refractivity contribution is 7.13. The summed E-state index contributed by atoms with van der Waals surface area (Å²) in [5, 5.41) is 9.76. The van der Waals surface area contributed by atoms with Crippen molar-refractivity contribution in [3.05, 3.63) is 52.0 Å². The maximum atomic E-state index is 12.8. The number of amides is 1. The zero-order valence-corrected chi connectivity index (χ0v) is 14.8. The molecular weight excluding hydrogens is 324 g/mol. The van der Waals surface area contributed by atoms with Gasteiger partial charge in [-0.15, -0.1) is 11.3 Å². The van der Waals surface area contributed by atoms with Gasteiger partial charge in [-0.2, -0.15) is 0 Å². The maximum absolute atomic E-state index is 12.8. The van der Waals surface area contributed by atoms with Crippen LogP contribution in [-0.4, -0.2) is 33.4 Å². The van der Waals surface area contributed by atoms with Crippen LogP contribution in [0, 0.1) is 0 Å². The normalized spacial score (nSPS) is 10.8. The first kappa shape index (κ1) is 18.1. The Morgan fingerprint density at radius 3 is 2.54 bits per heavy atom. The molecule has 1 aromatic carbocycles. The van der Waals surface area contributed by atoms with Crippen molar-refractivity contribution in [2.24, 2.45) is 0 Å². The summed E-state index contributed by atoms with van der Waals surface area (Å²) in [4.78, 5) is 30.2. The van der Waals surface area contributed by atoms with Gasteiger partial charge in [0.05, 0.1) is 11.2 Å². The van der Waals surface area contributed by atoms with Crippen LogP contribution in [0.25, 0.3) is 0 Å². The minimum atomic E-state index is -0.845. The highest BCUT2D eigenvalue weighted by Gasteiger charge is 2.19. The molecule has 0 atom stereocenters. The van der Waals surface area contributed by atoms with Gasteiger partial charge in [0.15, 0.2) is 0 Å². The number of carbonyl (C=O) groups is 2. The van der Waals surface area contributed by atoms with Gasteiger partial charge >= 0.3 is 5.97 Å². The van der Waals surface area contributed by atoms with Gasteiger partial charge in [-0.1, -0.05) is 44.2 Å². The first-order valence-corrected chi connectivity index (χ1v) is 8.79. The Morgan fingerprint density at radius 2 is 1.96 bits per heavy atom. The Hall–Kier alpha value is -2.21. The van der Waals surface area contributed by atoms with Gasteiger partial charge in [-0.3, -0.25) is 9.59 Å². The minimum absolute atomic E-state index is 0.0541. The molecule has 1 heterocycles. The van der Waals surface area contributed by atoms with Gasteiger partial charge in [0.25, 0.3) is 5.91 Å². The SMILES string of the molecule is CC(C)c1ncc(C(=O)N(CCCC(=O)O)Cc2ccccc2)s1. The summed E-state index contributed by atoms with van der Waals surface area (Å²) < 4.78 is 0. The third-order valence-corrected chi connectivity index (χ3v) is 4.84. The number of aliphatic carboxylic acids is 1. The van der Waals surface area contributed by atoms with Crippen LogP contribution in [-0.2, 0) is 11.3 Å². The van der Waals surface area contributed by atoms with E-state index in [1.54, 1.807) is 11.1 Å². The number of benzene rings is 1. The van der Waals surface area contributed by atoms with E-state index in [0.29, 0.717) is 24.4 Å². The average Bonchev–Trinajstić information content (AvgIpc) is 3.04. The van der Waals surface area contributed by atoms with Crippen molar-refractivity contribution in [3.8, 4) is 0 Å². The van der Waals surface area contributed by atoms with Crippen LogP contribution >= 0.6 is 11.3 Å². The zero-order chi connectivity index (χ0) is 17.5. The van der Waals surface area contributed by atoms with Crippen molar-refractivity contribution in [2.75, 3.05) is 6.54 Å². The van der Waals surface area contributed by atoms with E-state index in [1.165, 1.54) is 11.3 Å². The van der Waals surface area contributed by atoms with E-state index in [2.05, 4.69) is 4.98 Å². The Balaban J connectivity index is 2.13. The van der Waals surface area contributed by atoms with Gasteiger partial charge in [0.2, 0.25) is 0 Å². The summed E-state index contributed by atoms with van der Waals surface area (Å²) >= 11 is 1.41. The molecule has 0 bridgehead atoms. The monoisotopic (exact) mass is 346 g/mol. The molecule has 2 aromatic rings. The predicted octanol–water partition coefficient (Wildman–Crippen LogP) is 3.77. The average molecular weight is 346 g/mol. The van der Waals surface area contributed by atoms with Crippen molar-refractivity contribution in [2.45, 2.75) is 39.2 Å². The summed E-state index contributed by atoms with van der Waals surface area (Å²) in [6.45, 7) is 4.96. The smallest absolute Gasteiger partial charge is 0.303 e. The molecule has 0 spiro atoms. The fourth-order valence-corrected chi connectivity index (χ4v) is 3.17. The largest absolute Gasteiger partial charge is 0.481 e. The molecule has 0 aliphatic carbocycles. The number of nitrogens with zero attached hydrogens (tertiary/aromatic N) is 2. The van der Waals surface area contributed by atoms with E-state index >= 15 is 0 Å². The molecule has 0 radical (unpaired) electrons. The number of rotatable bonds is 8. The predicted molar refractivity (Wildman–Crippen MR) is 94.3 cm³/mol. The van der Waals surface area contributed by atoms with Crippen LogP contribution in [0.4, 0.5) is 0 Å². The van der Waals surface area contributed by atoms with Crippen molar-refractivity contribution in [3.63, 3.8) is 0 Å². The number of carbonyl (C=O) groups excluding carboxylic acids is 1. The fraction of sp³-hybridized carbons (Fsp3) is 0.389. The third kappa shape index (κ3) is 5.16. The molecular formula is C18H22N2O3S.